The fourth-order valence-electron chi connectivity index (χ4n) is 2.14. The zero-order chi connectivity index (χ0) is 13.2. The number of hydrogen-bond acceptors (Lipinski definition) is 1. The van der Waals surface area contributed by atoms with Crippen molar-refractivity contribution in [1.29, 1.82) is 0 Å². The highest BCUT2D eigenvalue weighted by molar-refractivity contribution is 7.85. The van der Waals surface area contributed by atoms with Gasteiger partial charge < -0.3 is 0 Å². The number of benzene rings is 1. The van der Waals surface area contributed by atoms with Crippen LogP contribution in [0.15, 0.2) is 76.5 Å². The van der Waals surface area contributed by atoms with Crippen LogP contribution in [-0.2, 0) is 10.8 Å². The van der Waals surface area contributed by atoms with E-state index in [2.05, 4.69) is 0 Å². The van der Waals surface area contributed by atoms with Crippen molar-refractivity contribution in [2.45, 2.75) is 16.7 Å². The van der Waals surface area contributed by atoms with Gasteiger partial charge in [0.05, 0.1) is 15.7 Å². The number of fused-ring (bicyclic) bond motifs is 1. The molecular formula is C17H14OS. The lowest BCUT2D eigenvalue weighted by atomic mass is 10.2. The maximum absolute atomic E-state index is 12.6. The molecular weight excluding hydrogens is 252 g/mol. The molecule has 0 radical (unpaired) electrons. The first kappa shape index (κ1) is 12.1. The van der Waals surface area contributed by atoms with Crippen molar-refractivity contribution in [2.75, 3.05) is 0 Å². The summed E-state index contributed by atoms with van der Waals surface area (Å²) in [5.41, 5.74) is 3.36. The molecule has 2 aliphatic carbocycles. The van der Waals surface area contributed by atoms with E-state index < -0.39 is 10.8 Å². The summed E-state index contributed by atoms with van der Waals surface area (Å²) in [5, 5.41) is 0. The van der Waals surface area contributed by atoms with Crippen LogP contribution in [0.5, 0.6) is 0 Å². The van der Waals surface area contributed by atoms with Gasteiger partial charge in [0.1, 0.15) is 0 Å². The van der Waals surface area contributed by atoms with Gasteiger partial charge in [0, 0.05) is 4.90 Å². The standard InChI is InChI=1S/C17H14OS/c1-13-7-10-15(11-8-13)19(18)17-12-9-14-5-3-2-4-6-16(14)17/h2-12H,1H3. The second-order valence-corrected chi connectivity index (χ2v) is 6.01. The van der Waals surface area contributed by atoms with Crippen molar-refractivity contribution in [1.82, 2.24) is 0 Å². The minimum atomic E-state index is -1.12. The van der Waals surface area contributed by atoms with Gasteiger partial charge in [-0.15, -0.1) is 0 Å². The summed E-state index contributed by atoms with van der Waals surface area (Å²) >= 11 is 0. The molecule has 0 saturated carbocycles. The van der Waals surface area contributed by atoms with Gasteiger partial charge in [-0.2, -0.15) is 0 Å². The minimum absolute atomic E-state index is 0.851. The highest BCUT2D eigenvalue weighted by atomic mass is 32.2. The molecule has 0 spiro atoms. The fourth-order valence-corrected chi connectivity index (χ4v) is 3.35. The van der Waals surface area contributed by atoms with Gasteiger partial charge in [0.15, 0.2) is 0 Å². The van der Waals surface area contributed by atoms with Crippen LogP contribution in [0.4, 0.5) is 0 Å². The van der Waals surface area contributed by atoms with Gasteiger partial charge in [0.25, 0.3) is 0 Å². The maximum atomic E-state index is 12.6. The minimum Gasteiger partial charge on any atom is -0.249 e. The molecule has 3 rings (SSSR count). The molecule has 0 N–H and O–H groups in total. The summed E-state index contributed by atoms with van der Waals surface area (Å²) in [5.74, 6) is 0. The van der Waals surface area contributed by atoms with E-state index in [0.29, 0.717) is 0 Å². The van der Waals surface area contributed by atoms with Crippen molar-refractivity contribution >= 4 is 10.8 Å². The van der Waals surface area contributed by atoms with E-state index in [9.17, 15) is 4.21 Å². The van der Waals surface area contributed by atoms with Crippen molar-refractivity contribution in [3.8, 4) is 11.1 Å². The predicted molar refractivity (Wildman–Crippen MR) is 78.9 cm³/mol. The Kier molecular flexibility index (Phi) is 3.18. The van der Waals surface area contributed by atoms with Gasteiger partial charge in [0.2, 0.25) is 0 Å². The van der Waals surface area contributed by atoms with Crippen LogP contribution in [-0.4, -0.2) is 4.21 Å². The van der Waals surface area contributed by atoms with Crippen LogP contribution in [0.2, 0.25) is 0 Å². The third-order valence-electron chi connectivity index (χ3n) is 3.19. The topological polar surface area (TPSA) is 17.1 Å². The molecule has 1 aromatic carbocycles. The third kappa shape index (κ3) is 2.32. The first-order valence-electron chi connectivity index (χ1n) is 6.22. The molecule has 0 heterocycles. The van der Waals surface area contributed by atoms with Crippen molar-refractivity contribution < 1.29 is 4.21 Å². The van der Waals surface area contributed by atoms with Crippen LogP contribution in [0.1, 0.15) is 5.56 Å². The van der Waals surface area contributed by atoms with Gasteiger partial charge in [-0.05, 0) is 36.2 Å². The van der Waals surface area contributed by atoms with Gasteiger partial charge >= 0.3 is 0 Å². The summed E-state index contributed by atoms with van der Waals surface area (Å²) in [6.07, 6.45) is 0. The lowest BCUT2D eigenvalue weighted by molar-refractivity contribution is 0.683. The van der Waals surface area contributed by atoms with Gasteiger partial charge in [-0.1, -0.05) is 54.1 Å². The molecule has 0 bridgehead atoms. The lowest BCUT2D eigenvalue weighted by Gasteiger charge is -2.03. The molecule has 1 unspecified atom stereocenters. The molecule has 1 aromatic rings. The molecule has 0 aromatic heterocycles. The zero-order valence-corrected chi connectivity index (χ0v) is 11.5. The van der Waals surface area contributed by atoms with Crippen LogP contribution in [0.3, 0.4) is 0 Å². The molecule has 94 valence electrons. The van der Waals surface area contributed by atoms with Gasteiger partial charge in [-0.3, -0.25) is 0 Å². The Morgan fingerprint density at radius 1 is 0.789 bits per heavy atom. The number of rotatable bonds is 2. The van der Waals surface area contributed by atoms with Crippen LogP contribution in [0.25, 0.3) is 11.1 Å². The van der Waals surface area contributed by atoms with E-state index in [4.69, 9.17) is 0 Å². The Labute approximate surface area is 115 Å². The van der Waals surface area contributed by atoms with E-state index in [0.717, 1.165) is 20.9 Å². The Bertz CT molecular complexity index is 701. The lowest BCUT2D eigenvalue weighted by Crippen LogP contribution is -1.92. The summed E-state index contributed by atoms with van der Waals surface area (Å²) in [6.45, 7) is 2.03. The van der Waals surface area contributed by atoms with E-state index in [1.165, 1.54) is 5.56 Å². The largest absolute Gasteiger partial charge is 0.249 e. The summed E-state index contributed by atoms with van der Waals surface area (Å²) in [6, 6.07) is 21.9. The molecule has 0 saturated heterocycles. The van der Waals surface area contributed by atoms with Crippen LogP contribution < -0.4 is 0 Å². The molecule has 0 amide bonds. The van der Waals surface area contributed by atoms with Crippen molar-refractivity contribution in [2.24, 2.45) is 0 Å². The Balaban J connectivity index is 2.07. The molecule has 2 aliphatic rings. The van der Waals surface area contributed by atoms with E-state index in [1.54, 1.807) is 0 Å². The SMILES string of the molecule is Cc1ccc(S(=O)c2ccc3cccccc2-3)cc1. The van der Waals surface area contributed by atoms with Crippen LogP contribution in [0, 0.1) is 6.92 Å². The smallest absolute Gasteiger partial charge is 0.0855 e. The zero-order valence-electron chi connectivity index (χ0n) is 10.7. The second-order valence-electron chi connectivity index (χ2n) is 4.56. The molecule has 2 heteroatoms. The van der Waals surface area contributed by atoms with Crippen LogP contribution >= 0.6 is 0 Å². The second kappa shape index (κ2) is 4.98. The average molecular weight is 266 g/mol. The summed E-state index contributed by atoms with van der Waals surface area (Å²) < 4.78 is 12.6. The van der Waals surface area contributed by atoms with E-state index in [1.807, 2.05) is 73.7 Å². The highest BCUT2D eigenvalue weighted by Crippen LogP contribution is 2.31. The van der Waals surface area contributed by atoms with E-state index >= 15 is 0 Å². The quantitative estimate of drug-likeness (QED) is 0.677. The summed E-state index contributed by atoms with van der Waals surface area (Å²) in [7, 11) is -1.12. The first-order chi connectivity index (χ1) is 9.25. The average Bonchev–Trinajstić information content (AvgIpc) is 2.68. The molecule has 0 aliphatic heterocycles. The predicted octanol–water partition coefficient (Wildman–Crippen LogP) is 4.27. The Morgan fingerprint density at radius 2 is 1.53 bits per heavy atom. The summed E-state index contributed by atoms with van der Waals surface area (Å²) in [4.78, 5) is 1.74. The van der Waals surface area contributed by atoms with Gasteiger partial charge in [-0.25, -0.2) is 4.21 Å². The molecule has 19 heavy (non-hydrogen) atoms. The Morgan fingerprint density at radius 3 is 2.32 bits per heavy atom. The highest BCUT2D eigenvalue weighted by Gasteiger charge is 2.14. The maximum Gasteiger partial charge on any atom is 0.0855 e. The van der Waals surface area contributed by atoms with Crippen molar-refractivity contribution in [3.05, 3.63) is 72.3 Å². The molecule has 1 nitrogen and oxygen atoms in total. The van der Waals surface area contributed by atoms with Crippen molar-refractivity contribution in [3.63, 3.8) is 0 Å². The monoisotopic (exact) mass is 266 g/mol. The normalized spacial score (nSPS) is 12.5. The van der Waals surface area contributed by atoms with E-state index in [-0.39, 0.29) is 0 Å². The number of aryl methyl sites for hydroxylation is 1. The third-order valence-corrected chi connectivity index (χ3v) is 4.64. The fraction of sp³-hybridized carbons (Fsp3) is 0.0588. The Hall–Kier alpha value is -1.93. The number of hydrogen-bond donors (Lipinski definition) is 0. The first-order valence-corrected chi connectivity index (χ1v) is 7.37. The molecule has 1 atom stereocenters. The molecule has 0 fully saturated rings.